The lowest BCUT2D eigenvalue weighted by molar-refractivity contribution is 0.420. The average Bonchev–Trinajstić information content (AvgIpc) is 2.77. The molecule has 0 aromatic carbocycles. The van der Waals surface area contributed by atoms with Crippen molar-refractivity contribution in [3.63, 3.8) is 0 Å². The Morgan fingerprint density at radius 1 is 0.290 bits per heavy atom. The molecule has 0 aliphatic rings. The van der Waals surface area contributed by atoms with Gasteiger partial charge in [-0.3, -0.25) is 0 Å². The molecule has 0 aromatic rings. The molecule has 0 heteroatoms. The van der Waals surface area contributed by atoms with E-state index in [2.05, 4.69) is 27.7 Å². The molecule has 0 heterocycles. The second kappa shape index (κ2) is 26.3. The molecule has 31 heavy (non-hydrogen) atoms. The van der Waals surface area contributed by atoms with E-state index in [9.17, 15) is 0 Å². The fraction of sp³-hybridized carbons (Fsp3) is 1.00. The summed E-state index contributed by atoms with van der Waals surface area (Å²) < 4.78 is 0. The van der Waals surface area contributed by atoms with Crippen LogP contribution in [0.1, 0.15) is 188 Å². The van der Waals surface area contributed by atoms with E-state index in [1.807, 2.05) is 0 Å². The van der Waals surface area contributed by atoms with Gasteiger partial charge in [0.1, 0.15) is 0 Å². The van der Waals surface area contributed by atoms with Crippen LogP contribution in [0.25, 0.3) is 0 Å². The number of unbranched alkanes of at least 4 members (excludes halogenated alkanes) is 18. The zero-order valence-electron chi connectivity index (χ0n) is 22.8. The van der Waals surface area contributed by atoms with Gasteiger partial charge in [-0.05, 0) is 11.8 Å². The Morgan fingerprint density at radius 2 is 0.516 bits per heavy atom. The van der Waals surface area contributed by atoms with E-state index in [0.717, 1.165) is 11.8 Å². The van der Waals surface area contributed by atoms with Crippen LogP contribution in [0, 0.1) is 11.8 Å². The third kappa shape index (κ3) is 26.1. The van der Waals surface area contributed by atoms with Crippen LogP contribution in [0.15, 0.2) is 0 Å². The SMILES string of the molecule is CCCCCCCCCCCCCCCCC(C)CCCCCCCC(C)CCCC. The monoisotopic (exact) mass is 437 g/mol. The zero-order chi connectivity index (χ0) is 22.8. The third-order valence-electron chi connectivity index (χ3n) is 7.49. The van der Waals surface area contributed by atoms with E-state index < -0.39 is 0 Å². The van der Waals surface area contributed by atoms with Gasteiger partial charge in [0.05, 0.1) is 0 Å². The molecule has 188 valence electrons. The van der Waals surface area contributed by atoms with E-state index in [-0.39, 0.29) is 0 Å². The van der Waals surface area contributed by atoms with Crippen molar-refractivity contribution in [3.05, 3.63) is 0 Å². The summed E-state index contributed by atoms with van der Waals surface area (Å²) in [4.78, 5) is 0. The highest BCUT2D eigenvalue weighted by Crippen LogP contribution is 2.20. The van der Waals surface area contributed by atoms with Crippen LogP contribution in [0.3, 0.4) is 0 Å². The van der Waals surface area contributed by atoms with Crippen LogP contribution in [0.5, 0.6) is 0 Å². The van der Waals surface area contributed by atoms with Crippen molar-refractivity contribution in [2.75, 3.05) is 0 Å². The van der Waals surface area contributed by atoms with Gasteiger partial charge in [0.2, 0.25) is 0 Å². The summed E-state index contributed by atoms with van der Waals surface area (Å²) in [5.74, 6) is 1.93. The maximum Gasteiger partial charge on any atom is -0.0443 e. The summed E-state index contributed by atoms with van der Waals surface area (Å²) in [6.07, 6.45) is 36.7. The Kier molecular flexibility index (Phi) is 26.3. The van der Waals surface area contributed by atoms with Crippen molar-refractivity contribution in [1.29, 1.82) is 0 Å². The van der Waals surface area contributed by atoms with Gasteiger partial charge in [0, 0.05) is 0 Å². The molecule has 0 aliphatic heterocycles. The topological polar surface area (TPSA) is 0 Å². The highest BCUT2D eigenvalue weighted by molar-refractivity contribution is 4.57. The smallest absolute Gasteiger partial charge is 0.0443 e. The molecule has 0 radical (unpaired) electrons. The lowest BCUT2D eigenvalue weighted by atomic mass is 9.94. The third-order valence-corrected chi connectivity index (χ3v) is 7.49. The maximum atomic E-state index is 2.50. The quantitative estimate of drug-likeness (QED) is 0.118. The van der Waals surface area contributed by atoms with Crippen LogP contribution in [-0.4, -0.2) is 0 Å². The van der Waals surface area contributed by atoms with Crippen LogP contribution in [0.2, 0.25) is 0 Å². The first kappa shape index (κ1) is 31.0. The Labute approximate surface area is 200 Å². The Bertz CT molecular complexity index is 307. The highest BCUT2D eigenvalue weighted by Gasteiger charge is 2.03. The molecule has 0 amide bonds. The molecule has 0 fully saturated rings. The molecule has 0 nitrogen and oxygen atoms in total. The maximum absolute atomic E-state index is 2.50. The van der Waals surface area contributed by atoms with Gasteiger partial charge < -0.3 is 0 Å². The van der Waals surface area contributed by atoms with Gasteiger partial charge in [-0.15, -0.1) is 0 Å². The molecule has 0 aromatic heterocycles. The molecule has 0 bridgehead atoms. The lowest BCUT2D eigenvalue weighted by Gasteiger charge is -2.12. The first-order chi connectivity index (χ1) is 15.2. The molecule has 2 atom stereocenters. The highest BCUT2D eigenvalue weighted by atomic mass is 14.1. The molecule has 0 saturated carbocycles. The first-order valence-corrected chi connectivity index (χ1v) is 15.2. The van der Waals surface area contributed by atoms with Crippen LogP contribution in [-0.2, 0) is 0 Å². The molecule has 0 spiro atoms. The minimum atomic E-state index is 0.963. The summed E-state index contributed by atoms with van der Waals surface area (Å²) in [7, 11) is 0. The van der Waals surface area contributed by atoms with E-state index >= 15 is 0 Å². The first-order valence-electron chi connectivity index (χ1n) is 15.2. The summed E-state index contributed by atoms with van der Waals surface area (Å²) in [6, 6.07) is 0. The Hall–Kier alpha value is 0. The molecular formula is C31H64. The largest absolute Gasteiger partial charge is 0.0654 e. The van der Waals surface area contributed by atoms with Gasteiger partial charge in [0.15, 0.2) is 0 Å². The summed E-state index contributed by atoms with van der Waals surface area (Å²) >= 11 is 0. The van der Waals surface area contributed by atoms with Crippen molar-refractivity contribution in [3.8, 4) is 0 Å². The van der Waals surface area contributed by atoms with Gasteiger partial charge in [-0.1, -0.05) is 188 Å². The summed E-state index contributed by atoms with van der Waals surface area (Å²) in [5, 5.41) is 0. The average molecular weight is 437 g/mol. The lowest BCUT2D eigenvalue weighted by Crippen LogP contribution is -1.96. The van der Waals surface area contributed by atoms with Gasteiger partial charge in [-0.2, -0.15) is 0 Å². The van der Waals surface area contributed by atoms with Gasteiger partial charge >= 0.3 is 0 Å². The van der Waals surface area contributed by atoms with Crippen LogP contribution < -0.4 is 0 Å². The predicted octanol–water partition coefficient (Wildman–Crippen LogP) is 12.1. The molecular weight excluding hydrogens is 372 g/mol. The number of hydrogen-bond acceptors (Lipinski definition) is 0. The van der Waals surface area contributed by atoms with Crippen molar-refractivity contribution >= 4 is 0 Å². The molecule has 0 N–H and O–H groups in total. The van der Waals surface area contributed by atoms with E-state index in [0.29, 0.717) is 0 Å². The molecule has 0 saturated heterocycles. The number of hydrogen-bond donors (Lipinski definition) is 0. The fourth-order valence-corrected chi connectivity index (χ4v) is 5.04. The minimum Gasteiger partial charge on any atom is -0.0654 e. The fourth-order valence-electron chi connectivity index (χ4n) is 5.04. The van der Waals surface area contributed by atoms with E-state index in [1.54, 1.807) is 0 Å². The van der Waals surface area contributed by atoms with Crippen molar-refractivity contribution in [2.24, 2.45) is 11.8 Å². The normalized spacial score (nSPS) is 13.5. The van der Waals surface area contributed by atoms with Crippen LogP contribution >= 0.6 is 0 Å². The van der Waals surface area contributed by atoms with E-state index in [1.165, 1.54) is 161 Å². The Balaban J connectivity index is 3.19. The zero-order valence-corrected chi connectivity index (χ0v) is 22.8. The van der Waals surface area contributed by atoms with E-state index in [4.69, 9.17) is 0 Å². The standard InChI is InChI=1S/C31H64/c1-5-7-9-10-11-12-13-14-15-16-17-18-20-23-28-31(4)29-25-22-19-21-24-27-30(3)26-8-6-2/h30-31H,5-29H2,1-4H3. The second-order valence-corrected chi connectivity index (χ2v) is 11.1. The van der Waals surface area contributed by atoms with Crippen LogP contribution in [0.4, 0.5) is 0 Å². The summed E-state index contributed by atoms with van der Waals surface area (Å²) in [5.41, 5.74) is 0. The molecule has 0 rings (SSSR count). The minimum absolute atomic E-state index is 0.963. The molecule has 2 unspecified atom stereocenters. The number of rotatable bonds is 26. The van der Waals surface area contributed by atoms with Crippen molar-refractivity contribution in [1.82, 2.24) is 0 Å². The van der Waals surface area contributed by atoms with Gasteiger partial charge in [0.25, 0.3) is 0 Å². The van der Waals surface area contributed by atoms with Gasteiger partial charge in [-0.25, -0.2) is 0 Å². The molecule has 0 aliphatic carbocycles. The summed E-state index contributed by atoms with van der Waals surface area (Å²) in [6.45, 7) is 9.57. The predicted molar refractivity (Wildman–Crippen MR) is 145 cm³/mol. The van der Waals surface area contributed by atoms with Crippen molar-refractivity contribution < 1.29 is 0 Å². The van der Waals surface area contributed by atoms with Crippen molar-refractivity contribution in [2.45, 2.75) is 188 Å². The Morgan fingerprint density at radius 3 is 0.806 bits per heavy atom. The second-order valence-electron chi connectivity index (χ2n) is 11.1.